The molecule has 1 fully saturated rings. The minimum absolute atomic E-state index is 0.131. The van der Waals surface area contributed by atoms with E-state index in [0.717, 1.165) is 25.9 Å². The van der Waals surface area contributed by atoms with Gasteiger partial charge in [0.2, 0.25) is 0 Å². The first-order chi connectivity index (χ1) is 6.29. The third kappa shape index (κ3) is 3.25. The average Bonchev–Trinajstić information content (AvgIpc) is 2.93. The zero-order valence-corrected chi connectivity index (χ0v) is 8.68. The van der Waals surface area contributed by atoms with Crippen LogP contribution in [0, 0.1) is 0 Å². The number of amides is 2. The number of nitrogens with zero attached hydrogens (tertiary/aromatic N) is 1. The Labute approximate surface area is 80.5 Å². The Hall–Kier alpha value is -0.730. The standard InChI is InChI=1S/C10H20N2O/c1-3-7-11-10(13)12(8-4-2)9-5-6-9/h9H,3-8H2,1-2H3,(H,11,13). The first-order valence-corrected chi connectivity index (χ1v) is 5.34. The van der Waals surface area contributed by atoms with E-state index in [9.17, 15) is 4.79 Å². The summed E-state index contributed by atoms with van der Waals surface area (Å²) < 4.78 is 0. The van der Waals surface area contributed by atoms with Gasteiger partial charge < -0.3 is 10.2 Å². The molecule has 0 aliphatic heterocycles. The predicted octanol–water partition coefficient (Wildman–Crippen LogP) is 1.98. The number of nitrogens with one attached hydrogen (secondary N) is 1. The van der Waals surface area contributed by atoms with E-state index in [1.807, 2.05) is 4.90 Å². The van der Waals surface area contributed by atoms with Gasteiger partial charge in [0, 0.05) is 19.1 Å². The van der Waals surface area contributed by atoms with Crippen LogP contribution in [0.15, 0.2) is 0 Å². The van der Waals surface area contributed by atoms with Crippen molar-refractivity contribution in [3.05, 3.63) is 0 Å². The molecule has 0 saturated heterocycles. The van der Waals surface area contributed by atoms with Crippen molar-refractivity contribution in [2.45, 2.75) is 45.6 Å². The van der Waals surface area contributed by atoms with E-state index in [1.54, 1.807) is 0 Å². The van der Waals surface area contributed by atoms with Crippen molar-refractivity contribution in [3.63, 3.8) is 0 Å². The molecule has 1 N–H and O–H groups in total. The normalized spacial score (nSPS) is 15.5. The molecular formula is C10H20N2O. The fourth-order valence-electron chi connectivity index (χ4n) is 1.41. The van der Waals surface area contributed by atoms with Gasteiger partial charge in [-0.1, -0.05) is 13.8 Å². The maximum absolute atomic E-state index is 11.6. The van der Waals surface area contributed by atoms with E-state index < -0.39 is 0 Å². The average molecular weight is 184 g/mol. The topological polar surface area (TPSA) is 32.3 Å². The fourth-order valence-corrected chi connectivity index (χ4v) is 1.41. The van der Waals surface area contributed by atoms with Gasteiger partial charge in [-0.3, -0.25) is 0 Å². The Morgan fingerprint density at radius 2 is 2.08 bits per heavy atom. The lowest BCUT2D eigenvalue weighted by molar-refractivity contribution is 0.195. The number of urea groups is 1. The molecule has 2 amide bonds. The summed E-state index contributed by atoms with van der Waals surface area (Å²) in [6.45, 7) is 5.88. The summed E-state index contributed by atoms with van der Waals surface area (Å²) in [4.78, 5) is 13.6. The van der Waals surface area contributed by atoms with E-state index in [-0.39, 0.29) is 6.03 Å². The molecule has 0 aromatic carbocycles. The fraction of sp³-hybridized carbons (Fsp3) is 0.900. The zero-order valence-electron chi connectivity index (χ0n) is 8.68. The Morgan fingerprint density at radius 1 is 1.38 bits per heavy atom. The minimum Gasteiger partial charge on any atom is -0.338 e. The second kappa shape index (κ2) is 5.10. The minimum atomic E-state index is 0.131. The smallest absolute Gasteiger partial charge is 0.317 e. The molecule has 0 aromatic rings. The molecule has 1 saturated carbocycles. The van der Waals surface area contributed by atoms with Crippen LogP contribution in [0.4, 0.5) is 4.79 Å². The van der Waals surface area contributed by atoms with E-state index >= 15 is 0 Å². The molecule has 0 bridgehead atoms. The van der Waals surface area contributed by atoms with Crippen molar-refractivity contribution in [2.24, 2.45) is 0 Å². The van der Waals surface area contributed by atoms with Crippen LogP contribution in [-0.4, -0.2) is 30.1 Å². The number of hydrogen-bond donors (Lipinski definition) is 1. The van der Waals surface area contributed by atoms with Gasteiger partial charge in [-0.2, -0.15) is 0 Å². The van der Waals surface area contributed by atoms with Crippen LogP contribution in [0.5, 0.6) is 0 Å². The summed E-state index contributed by atoms with van der Waals surface area (Å²) in [5, 5.41) is 2.93. The van der Waals surface area contributed by atoms with Gasteiger partial charge in [0.15, 0.2) is 0 Å². The predicted molar refractivity (Wildman–Crippen MR) is 53.7 cm³/mol. The Balaban J connectivity index is 2.29. The number of rotatable bonds is 5. The molecule has 1 aliphatic carbocycles. The molecule has 76 valence electrons. The summed E-state index contributed by atoms with van der Waals surface area (Å²) in [6.07, 6.45) is 4.45. The Bertz CT molecular complexity index is 166. The number of carbonyl (C=O) groups excluding carboxylic acids is 1. The lowest BCUT2D eigenvalue weighted by Gasteiger charge is -2.21. The molecule has 3 heteroatoms. The summed E-state index contributed by atoms with van der Waals surface area (Å²) in [6, 6.07) is 0.669. The van der Waals surface area contributed by atoms with Crippen molar-refractivity contribution < 1.29 is 4.79 Å². The van der Waals surface area contributed by atoms with Gasteiger partial charge in [-0.15, -0.1) is 0 Å². The maximum atomic E-state index is 11.6. The van der Waals surface area contributed by atoms with Crippen molar-refractivity contribution in [1.82, 2.24) is 10.2 Å². The summed E-state index contributed by atoms with van der Waals surface area (Å²) in [5.41, 5.74) is 0. The Morgan fingerprint density at radius 3 is 2.54 bits per heavy atom. The molecule has 0 heterocycles. The highest BCUT2D eigenvalue weighted by atomic mass is 16.2. The second-order valence-corrected chi connectivity index (χ2v) is 3.66. The van der Waals surface area contributed by atoms with Gasteiger partial charge in [0.05, 0.1) is 0 Å². The van der Waals surface area contributed by atoms with Gasteiger partial charge >= 0.3 is 6.03 Å². The molecule has 0 atom stereocenters. The Kier molecular flexibility index (Phi) is 4.06. The van der Waals surface area contributed by atoms with Crippen molar-refractivity contribution in [2.75, 3.05) is 13.1 Å². The molecule has 0 aromatic heterocycles. The van der Waals surface area contributed by atoms with Crippen LogP contribution in [0.25, 0.3) is 0 Å². The van der Waals surface area contributed by atoms with Gasteiger partial charge in [-0.25, -0.2) is 4.79 Å². The lowest BCUT2D eigenvalue weighted by atomic mass is 10.4. The number of carbonyl (C=O) groups is 1. The first-order valence-electron chi connectivity index (χ1n) is 5.34. The largest absolute Gasteiger partial charge is 0.338 e. The number of hydrogen-bond acceptors (Lipinski definition) is 1. The lowest BCUT2D eigenvalue weighted by Crippen LogP contribution is -2.42. The zero-order chi connectivity index (χ0) is 9.68. The van der Waals surface area contributed by atoms with Crippen LogP contribution < -0.4 is 5.32 Å². The van der Waals surface area contributed by atoms with Gasteiger partial charge in [-0.05, 0) is 25.7 Å². The maximum Gasteiger partial charge on any atom is 0.317 e. The molecule has 0 unspecified atom stereocenters. The monoisotopic (exact) mass is 184 g/mol. The quantitative estimate of drug-likeness (QED) is 0.696. The third-order valence-electron chi connectivity index (χ3n) is 2.24. The van der Waals surface area contributed by atoms with Crippen LogP contribution in [0.3, 0.4) is 0 Å². The molecule has 1 rings (SSSR count). The summed E-state index contributed by atoms with van der Waals surface area (Å²) in [7, 11) is 0. The van der Waals surface area contributed by atoms with E-state index in [4.69, 9.17) is 0 Å². The van der Waals surface area contributed by atoms with Crippen molar-refractivity contribution >= 4 is 6.03 Å². The van der Waals surface area contributed by atoms with Gasteiger partial charge in [0.25, 0.3) is 0 Å². The SMILES string of the molecule is CCCNC(=O)N(CCC)C1CC1. The van der Waals surface area contributed by atoms with E-state index in [0.29, 0.717) is 6.04 Å². The van der Waals surface area contributed by atoms with Crippen LogP contribution in [-0.2, 0) is 0 Å². The molecule has 3 nitrogen and oxygen atoms in total. The van der Waals surface area contributed by atoms with Crippen LogP contribution in [0.2, 0.25) is 0 Å². The molecular weight excluding hydrogens is 164 g/mol. The van der Waals surface area contributed by atoms with Crippen LogP contribution in [0.1, 0.15) is 39.5 Å². The van der Waals surface area contributed by atoms with Crippen LogP contribution >= 0.6 is 0 Å². The van der Waals surface area contributed by atoms with Crippen molar-refractivity contribution in [3.8, 4) is 0 Å². The van der Waals surface area contributed by atoms with Crippen molar-refractivity contribution in [1.29, 1.82) is 0 Å². The van der Waals surface area contributed by atoms with E-state index in [1.165, 1.54) is 12.8 Å². The first kappa shape index (κ1) is 10.4. The summed E-state index contributed by atoms with van der Waals surface area (Å²) >= 11 is 0. The highest BCUT2D eigenvalue weighted by Crippen LogP contribution is 2.26. The van der Waals surface area contributed by atoms with E-state index in [2.05, 4.69) is 19.2 Å². The third-order valence-corrected chi connectivity index (χ3v) is 2.24. The van der Waals surface area contributed by atoms with Gasteiger partial charge in [0.1, 0.15) is 0 Å². The highest BCUT2D eigenvalue weighted by molar-refractivity contribution is 5.74. The molecule has 13 heavy (non-hydrogen) atoms. The highest BCUT2D eigenvalue weighted by Gasteiger charge is 2.31. The molecule has 1 aliphatic rings. The molecule has 0 radical (unpaired) electrons. The second-order valence-electron chi connectivity index (χ2n) is 3.66. The summed E-state index contributed by atoms with van der Waals surface area (Å²) in [5.74, 6) is 0. The molecule has 0 spiro atoms.